The maximum absolute atomic E-state index is 13.9. The molecule has 2 nitrogen and oxygen atoms in total. The minimum Gasteiger partial charge on any atom is -0.303 e. The lowest BCUT2D eigenvalue weighted by Crippen LogP contribution is -2.23. The minimum absolute atomic E-state index is 0.0655. The Kier molecular flexibility index (Phi) is 4.94. The molecule has 0 spiro atoms. The van der Waals surface area contributed by atoms with E-state index in [-0.39, 0.29) is 17.9 Å². The Balaban J connectivity index is 2.17. The average molecular weight is 357 g/mol. The second-order valence-corrected chi connectivity index (χ2v) is 7.11. The van der Waals surface area contributed by atoms with Gasteiger partial charge < -0.3 is 5.32 Å². The number of benzene rings is 1. The third-order valence-electron chi connectivity index (χ3n) is 3.26. The molecular formula is C15H18BrFN2S. The van der Waals surface area contributed by atoms with E-state index in [0.717, 1.165) is 15.2 Å². The normalized spacial score (nSPS) is 14.3. The van der Waals surface area contributed by atoms with E-state index in [9.17, 15) is 4.39 Å². The highest BCUT2D eigenvalue weighted by Crippen LogP contribution is 2.28. The number of nitrogens with one attached hydrogen (secondary N) is 1. The molecule has 1 heterocycles. The van der Waals surface area contributed by atoms with E-state index in [1.807, 2.05) is 26.8 Å². The fourth-order valence-corrected chi connectivity index (χ4v) is 3.65. The van der Waals surface area contributed by atoms with Crippen LogP contribution in [0.2, 0.25) is 0 Å². The van der Waals surface area contributed by atoms with Gasteiger partial charge in [0.15, 0.2) is 0 Å². The highest BCUT2D eigenvalue weighted by Gasteiger charge is 2.18. The zero-order valence-corrected chi connectivity index (χ0v) is 14.4. The molecule has 2 unspecified atom stereocenters. The Labute approximate surface area is 131 Å². The van der Waals surface area contributed by atoms with E-state index < -0.39 is 0 Å². The standard InChI is InChI=1S/C15H18BrFN2S/c1-8(13-7-12(16)5-6-14(13)17)18-9(2)15-10(3)19-11(4)20-15/h5-9,18H,1-4H3. The number of hydrogen-bond donors (Lipinski definition) is 1. The first-order chi connectivity index (χ1) is 9.38. The van der Waals surface area contributed by atoms with Crippen LogP contribution in [0.15, 0.2) is 22.7 Å². The lowest BCUT2D eigenvalue weighted by molar-refractivity contribution is 0.476. The lowest BCUT2D eigenvalue weighted by atomic mass is 10.1. The van der Waals surface area contributed by atoms with Gasteiger partial charge in [0.2, 0.25) is 0 Å². The predicted octanol–water partition coefficient (Wildman–Crippen LogP) is 5.07. The summed E-state index contributed by atoms with van der Waals surface area (Å²) in [5, 5.41) is 4.51. The maximum atomic E-state index is 13.9. The number of thiazole rings is 1. The largest absolute Gasteiger partial charge is 0.303 e. The Bertz CT molecular complexity index is 612. The smallest absolute Gasteiger partial charge is 0.128 e. The number of rotatable bonds is 4. The van der Waals surface area contributed by atoms with Gasteiger partial charge in [-0.05, 0) is 45.9 Å². The van der Waals surface area contributed by atoms with Crippen LogP contribution in [0.5, 0.6) is 0 Å². The lowest BCUT2D eigenvalue weighted by Gasteiger charge is -2.20. The van der Waals surface area contributed by atoms with Crippen molar-refractivity contribution in [1.82, 2.24) is 10.3 Å². The number of nitrogens with zero attached hydrogens (tertiary/aromatic N) is 1. The van der Waals surface area contributed by atoms with Crippen molar-refractivity contribution in [3.05, 3.63) is 49.6 Å². The van der Waals surface area contributed by atoms with Crippen LogP contribution in [0.3, 0.4) is 0 Å². The molecule has 0 aliphatic carbocycles. The van der Waals surface area contributed by atoms with Crippen molar-refractivity contribution in [3.63, 3.8) is 0 Å². The Hall–Kier alpha value is -0.780. The van der Waals surface area contributed by atoms with Crippen LogP contribution in [0.25, 0.3) is 0 Å². The summed E-state index contributed by atoms with van der Waals surface area (Å²) in [7, 11) is 0. The molecule has 108 valence electrons. The van der Waals surface area contributed by atoms with Crippen molar-refractivity contribution in [2.24, 2.45) is 0 Å². The van der Waals surface area contributed by atoms with Crippen molar-refractivity contribution in [2.75, 3.05) is 0 Å². The number of hydrogen-bond acceptors (Lipinski definition) is 3. The highest BCUT2D eigenvalue weighted by molar-refractivity contribution is 9.10. The molecule has 0 bridgehead atoms. The molecule has 0 aliphatic rings. The van der Waals surface area contributed by atoms with Crippen molar-refractivity contribution in [2.45, 2.75) is 39.8 Å². The summed E-state index contributed by atoms with van der Waals surface area (Å²) >= 11 is 5.08. The van der Waals surface area contributed by atoms with Crippen molar-refractivity contribution in [3.8, 4) is 0 Å². The quantitative estimate of drug-likeness (QED) is 0.826. The van der Waals surface area contributed by atoms with Crippen LogP contribution in [-0.2, 0) is 0 Å². The van der Waals surface area contributed by atoms with E-state index in [1.54, 1.807) is 17.4 Å². The average Bonchev–Trinajstić information content (AvgIpc) is 2.71. The molecule has 0 fully saturated rings. The van der Waals surface area contributed by atoms with Crippen molar-refractivity contribution >= 4 is 27.3 Å². The summed E-state index contributed by atoms with van der Waals surface area (Å²) in [5.41, 5.74) is 1.72. The van der Waals surface area contributed by atoms with E-state index in [1.165, 1.54) is 10.9 Å². The molecule has 1 aromatic heterocycles. The van der Waals surface area contributed by atoms with Crippen LogP contribution in [0.1, 0.15) is 47.1 Å². The second-order valence-electron chi connectivity index (χ2n) is 4.96. The van der Waals surface area contributed by atoms with E-state index in [4.69, 9.17) is 0 Å². The molecule has 0 saturated carbocycles. The summed E-state index contributed by atoms with van der Waals surface area (Å²) in [6.07, 6.45) is 0. The van der Waals surface area contributed by atoms with Gasteiger partial charge in [-0.1, -0.05) is 15.9 Å². The SMILES string of the molecule is Cc1nc(C)c(C(C)NC(C)c2cc(Br)ccc2F)s1. The van der Waals surface area contributed by atoms with Gasteiger partial charge in [0.25, 0.3) is 0 Å². The zero-order valence-electron chi connectivity index (χ0n) is 12.0. The molecule has 0 amide bonds. The third kappa shape index (κ3) is 3.45. The van der Waals surface area contributed by atoms with E-state index >= 15 is 0 Å². The van der Waals surface area contributed by atoms with Crippen LogP contribution in [-0.4, -0.2) is 4.98 Å². The summed E-state index contributed by atoms with van der Waals surface area (Å²) in [6, 6.07) is 5.11. The molecular weight excluding hydrogens is 339 g/mol. The molecule has 1 N–H and O–H groups in total. The summed E-state index contributed by atoms with van der Waals surface area (Å²) < 4.78 is 14.8. The second kappa shape index (κ2) is 6.33. The monoisotopic (exact) mass is 356 g/mol. The Morgan fingerprint density at radius 2 is 1.95 bits per heavy atom. The first-order valence-electron chi connectivity index (χ1n) is 6.53. The van der Waals surface area contributed by atoms with E-state index in [2.05, 4.69) is 33.2 Å². The van der Waals surface area contributed by atoms with Crippen LogP contribution in [0, 0.1) is 19.7 Å². The number of aryl methyl sites for hydroxylation is 2. The number of halogens is 2. The maximum Gasteiger partial charge on any atom is 0.128 e. The van der Waals surface area contributed by atoms with Gasteiger partial charge in [0, 0.05) is 27.0 Å². The van der Waals surface area contributed by atoms with Crippen LogP contribution in [0.4, 0.5) is 4.39 Å². The van der Waals surface area contributed by atoms with Crippen molar-refractivity contribution < 1.29 is 4.39 Å². The molecule has 20 heavy (non-hydrogen) atoms. The van der Waals surface area contributed by atoms with Crippen molar-refractivity contribution in [1.29, 1.82) is 0 Å². The topological polar surface area (TPSA) is 24.9 Å². The first kappa shape index (κ1) is 15.6. The van der Waals surface area contributed by atoms with Gasteiger partial charge >= 0.3 is 0 Å². The number of aromatic nitrogens is 1. The van der Waals surface area contributed by atoms with E-state index in [0.29, 0.717) is 5.56 Å². The van der Waals surface area contributed by atoms with Gasteiger partial charge in [0.1, 0.15) is 5.82 Å². The Morgan fingerprint density at radius 1 is 1.25 bits per heavy atom. The highest BCUT2D eigenvalue weighted by atomic mass is 79.9. The molecule has 0 aliphatic heterocycles. The molecule has 2 atom stereocenters. The molecule has 0 radical (unpaired) electrons. The fourth-order valence-electron chi connectivity index (χ4n) is 2.34. The van der Waals surface area contributed by atoms with Gasteiger partial charge in [-0.25, -0.2) is 9.37 Å². The molecule has 5 heteroatoms. The third-order valence-corrected chi connectivity index (χ3v) is 5.01. The molecule has 0 saturated heterocycles. The van der Waals surface area contributed by atoms with Crippen LogP contribution >= 0.6 is 27.3 Å². The summed E-state index contributed by atoms with van der Waals surface area (Å²) in [6.45, 7) is 8.09. The van der Waals surface area contributed by atoms with Gasteiger partial charge in [-0.2, -0.15) is 0 Å². The van der Waals surface area contributed by atoms with Gasteiger partial charge in [0.05, 0.1) is 10.7 Å². The van der Waals surface area contributed by atoms with Gasteiger partial charge in [-0.15, -0.1) is 11.3 Å². The van der Waals surface area contributed by atoms with Gasteiger partial charge in [-0.3, -0.25) is 0 Å². The fraction of sp³-hybridized carbons (Fsp3) is 0.400. The zero-order chi connectivity index (χ0) is 14.9. The Morgan fingerprint density at radius 3 is 2.55 bits per heavy atom. The molecule has 2 rings (SSSR count). The molecule has 1 aromatic carbocycles. The predicted molar refractivity (Wildman–Crippen MR) is 85.7 cm³/mol. The van der Waals surface area contributed by atoms with Crippen LogP contribution < -0.4 is 5.32 Å². The first-order valence-corrected chi connectivity index (χ1v) is 8.14. The summed E-state index contributed by atoms with van der Waals surface area (Å²) in [4.78, 5) is 5.65. The molecule has 2 aromatic rings. The summed E-state index contributed by atoms with van der Waals surface area (Å²) in [5.74, 6) is -0.183. The minimum atomic E-state index is -0.183.